The van der Waals surface area contributed by atoms with Gasteiger partial charge in [0.1, 0.15) is 42.4 Å². The van der Waals surface area contributed by atoms with Gasteiger partial charge in [-0.3, -0.25) is 9.69 Å². The van der Waals surface area contributed by atoms with Crippen molar-refractivity contribution in [3.8, 4) is 28.6 Å². The maximum atomic E-state index is 13.3. The van der Waals surface area contributed by atoms with Crippen molar-refractivity contribution in [2.45, 2.75) is 18.8 Å². The zero-order valence-electron chi connectivity index (χ0n) is 21.8. The van der Waals surface area contributed by atoms with E-state index in [0.29, 0.717) is 18.8 Å². The number of carbonyl (C=O) groups is 1. The number of nitrogens with one attached hydrogen (secondary N) is 1. The summed E-state index contributed by atoms with van der Waals surface area (Å²) >= 11 is 0. The van der Waals surface area contributed by atoms with Gasteiger partial charge in [0.2, 0.25) is 0 Å². The van der Waals surface area contributed by atoms with E-state index in [2.05, 4.69) is 9.97 Å². The van der Waals surface area contributed by atoms with Crippen LogP contribution in [0.25, 0.3) is 11.4 Å². The highest BCUT2D eigenvalue weighted by atomic mass is 19.4. The predicted octanol–water partition coefficient (Wildman–Crippen LogP) is 4.22. The highest BCUT2D eigenvalue weighted by Crippen LogP contribution is 2.36. The number of primary amides is 1. The number of halogens is 3. The molecule has 9 nitrogen and oxygen atoms in total. The number of rotatable bonds is 13. The van der Waals surface area contributed by atoms with Crippen molar-refractivity contribution in [2.75, 3.05) is 26.3 Å². The number of imidazole rings is 1. The molecule has 1 amide bonds. The summed E-state index contributed by atoms with van der Waals surface area (Å²) in [5, 5.41) is 20.6. The van der Waals surface area contributed by atoms with Crippen LogP contribution in [-0.2, 0) is 12.7 Å². The topological polar surface area (TPSA) is 134 Å². The number of aromatic hydroxyl groups is 1. The molecule has 0 bridgehead atoms. The van der Waals surface area contributed by atoms with E-state index in [1.807, 2.05) is 35.2 Å². The molecular weight excluding hydrogens is 541 g/mol. The largest absolute Gasteiger partial charge is 0.507 e. The lowest BCUT2D eigenvalue weighted by Crippen LogP contribution is -2.37. The average molecular weight is 571 g/mol. The summed E-state index contributed by atoms with van der Waals surface area (Å²) in [4.78, 5) is 20.3. The number of aromatic amines is 1. The number of hydrogen-bond acceptors (Lipinski definition) is 7. The average Bonchev–Trinajstić information content (AvgIpc) is 3.47. The van der Waals surface area contributed by atoms with Crippen molar-refractivity contribution >= 4 is 5.91 Å². The maximum absolute atomic E-state index is 13.3. The number of nitrogens with two attached hydrogens (primary N) is 1. The Morgan fingerprint density at radius 1 is 1.07 bits per heavy atom. The van der Waals surface area contributed by atoms with Crippen LogP contribution in [0, 0.1) is 0 Å². The first-order chi connectivity index (χ1) is 19.6. The first kappa shape index (κ1) is 29.4. The molecule has 12 heteroatoms. The molecule has 4 aromatic rings. The third-order valence-electron chi connectivity index (χ3n) is 6.12. The number of aliphatic hydroxyl groups is 1. The molecule has 0 spiro atoms. The first-order valence-corrected chi connectivity index (χ1v) is 12.6. The molecular formula is C29H29F3N4O5. The smallest absolute Gasteiger partial charge is 0.416 e. The summed E-state index contributed by atoms with van der Waals surface area (Å²) in [5.74, 6) is -0.348. The van der Waals surface area contributed by atoms with Gasteiger partial charge in [-0.25, -0.2) is 4.98 Å². The molecule has 1 aromatic heterocycles. The van der Waals surface area contributed by atoms with E-state index in [1.54, 1.807) is 0 Å². The molecule has 0 saturated heterocycles. The van der Waals surface area contributed by atoms with E-state index in [9.17, 15) is 28.2 Å². The Kier molecular flexibility index (Phi) is 9.48. The van der Waals surface area contributed by atoms with Crippen LogP contribution in [0.5, 0.6) is 17.2 Å². The second kappa shape index (κ2) is 13.2. The lowest BCUT2D eigenvalue weighted by molar-refractivity contribution is -0.137. The Morgan fingerprint density at radius 2 is 1.85 bits per heavy atom. The highest BCUT2D eigenvalue weighted by molar-refractivity contribution is 5.95. The van der Waals surface area contributed by atoms with Gasteiger partial charge >= 0.3 is 6.18 Å². The quantitative estimate of drug-likeness (QED) is 0.189. The molecule has 0 aliphatic carbocycles. The minimum absolute atomic E-state index is 0.0617. The Labute approximate surface area is 234 Å². The molecule has 5 N–H and O–H groups in total. The van der Waals surface area contributed by atoms with Crippen LogP contribution < -0.4 is 15.2 Å². The zero-order chi connectivity index (χ0) is 29.4. The number of aromatic nitrogens is 2. The standard InChI is InChI=1S/C29H29F3N4O5/c30-29(31,32)20-6-9-26(24(14-20)28-34-10-11-35-28)41-18-21(37)17-36(16-19-4-2-1-3-5-19)12-13-40-22-7-8-25(38)23(15-22)27(33)39/h1-11,14-15,21,37-38H,12-13,16-18H2,(H2,33,39)(H,34,35). The summed E-state index contributed by atoms with van der Waals surface area (Å²) in [6, 6.07) is 16.8. The van der Waals surface area contributed by atoms with Gasteiger partial charge in [0.15, 0.2) is 0 Å². The van der Waals surface area contributed by atoms with Crippen LogP contribution in [0.15, 0.2) is 79.1 Å². The van der Waals surface area contributed by atoms with Gasteiger partial charge in [0, 0.05) is 32.0 Å². The number of phenols is 1. The van der Waals surface area contributed by atoms with Gasteiger partial charge < -0.3 is 30.4 Å². The third kappa shape index (κ3) is 8.22. The maximum Gasteiger partial charge on any atom is 0.416 e. The number of ether oxygens (including phenoxy) is 2. The SMILES string of the molecule is NC(=O)c1cc(OCCN(Cc2ccccc2)CC(O)COc2ccc(C(F)(F)F)cc2-c2ncc[nH]2)ccc1O. The molecule has 1 atom stereocenters. The number of alkyl halides is 3. The highest BCUT2D eigenvalue weighted by Gasteiger charge is 2.31. The summed E-state index contributed by atoms with van der Waals surface area (Å²) in [5.41, 5.74) is 5.48. The first-order valence-electron chi connectivity index (χ1n) is 12.6. The predicted molar refractivity (Wildman–Crippen MR) is 144 cm³/mol. The molecule has 0 fully saturated rings. The summed E-state index contributed by atoms with van der Waals surface area (Å²) in [6.45, 7) is 1.01. The monoisotopic (exact) mass is 570 g/mol. The Balaban J connectivity index is 1.42. The molecule has 4 rings (SSSR count). The molecule has 0 radical (unpaired) electrons. The molecule has 216 valence electrons. The van der Waals surface area contributed by atoms with E-state index in [4.69, 9.17) is 15.2 Å². The van der Waals surface area contributed by atoms with Gasteiger partial charge in [0.25, 0.3) is 5.91 Å². The van der Waals surface area contributed by atoms with Gasteiger partial charge in [-0.2, -0.15) is 13.2 Å². The van der Waals surface area contributed by atoms with E-state index in [-0.39, 0.29) is 48.2 Å². The van der Waals surface area contributed by atoms with Crippen molar-refractivity contribution in [1.29, 1.82) is 0 Å². The van der Waals surface area contributed by atoms with Gasteiger partial charge in [0.05, 0.1) is 16.7 Å². The minimum atomic E-state index is -4.54. The number of benzene rings is 3. The Bertz CT molecular complexity index is 1430. The van der Waals surface area contributed by atoms with Crippen LogP contribution in [0.4, 0.5) is 13.2 Å². The summed E-state index contributed by atoms with van der Waals surface area (Å²) in [6.07, 6.45) is -2.63. The van der Waals surface area contributed by atoms with Crippen molar-refractivity contribution in [2.24, 2.45) is 5.73 Å². The van der Waals surface area contributed by atoms with E-state index >= 15 is 0 Å². The third-order valence-corrected chi connectivity index (χ3v) is 6.12. The zero-order valence-corrected chi connectivity index (χ0v) is 21.8. The fourth-order valence-corrected chi connectivity index (χ4v) is 4.14. The van der Waals surface area contributed by atoms with Crippen molar-refractivity contribution in [3.05, 3.63) is 95.8 Å². The number of hydrogen-bond donors (Lipinski definition) is 4. The molecule has 1 unspecified atom stereocenters. The lowest BCUT2D eigenvalue weighted by atomic mass is 10.1. The molecule has 0 aliphatic rings. The number of H-pyrrole nitrogens is 1. The van der Waals surface area contributed by atoms with Gasteiger partial charge in [-0.05, 0) is 42.0 Å². The van der Waals surface area contributed by atoms with Gasteiger partial charge in [-0.1, -0.05) is 30.3 Å². The number of aliphatic hydroxyl groups excluding tert-OH is 1. The van der Waals surface area contributed by atoms with E-state index in [0.717, 1.165) is 17.7 Å². The number of nitrogens with zero attached hydrogens (tertiary/aromatic N) is 2. The van der Waals surface area contributed by atoms with Crippen molar-refractivity contribution < 1.29 is 37.7 Å². The summed E-state index contributed by atoms with van der Waals surface area (Å²) in [7, 11) is 0. The van der Waals surface area contributed by atoms with E-state index < -0.39 is 23.8 Å². The van der Waals surface area contributed by atoms with Crippen LogP contribution in [0.1, 0.15) is 21.5 Å². The van der Waals surface area contributed by atoms with Crippen LogP contribution in [0.3, 0.4) is 0 Å². The van der Waals surface area contributed by atoms with Crippen molar-refractivity contribution in [3.63, 3.8) is 0 Å². The van der Waals surface area contributed by atoms with Crippen molar-refractivity contribution in [1.82, 2.24) is 14.9 Å². The van der Waals surface area contributed by atoms with E-state index in [1.165, 1.54) is 36.7 Å². The molecule has 0 aliphatic heterocycles. The normalized spacial score (nSPS) is 12.3. The molecule has 0 saturated carbocycles. The second-order valence-electron chi connectivity index (χ2n) is 9.22. The molecule has 3 aromatic carbocycles. The fourth-order valence-electron chi connectivity index (χ4n) is 4.14. The Morgan fingerprint density at radius 3 is 2.54 bits per heavy atom. The minimum Gasteiger partial charge on any atom is -0.507 e. The molecule has 41 heavy (non-hydrogen) atoms. The fraction of sp³-hybridized carbons (Fsp3) is 0.241. The summed E-state index contributed by atoms with van der Waals surface area (Å²) < 4.78 is 51.4. The van der Waals surface area contributed by atoms with Gasteiger partial charge in [-0.15, -0.1) is 0 Å². The van der Waals surface area contributed by atoms with Crippen LogP contribution in [-0.4, -0.2) is 63.4 Å². The lowest BCUT2D eigenvalue weighted by Gasteiger charge is -2.25. The molecule has 1 heterocycles. The number of carbonyl (C=O) groups excluding carboxylic acids is 1. The number of amides is 1. The second-order valence-corrected chi connectivity index (χ2v) is 9.22. The Hall–Kier alpha value is -4.55. The van der Waals surface area contributed by atoms with Crippen LogP contribution >= 0.6 is 0 Å². The van der Waals surface area contributed by atoms with Crippen LogP contribution in [0.2, 0.25) is 0 Å².